The van der Waals surface area contributed by atoms with Crippen molar-refractivity contribution < 1.29 is 0 Å². The average molecular weight is 233 g/mol. The largest absolute Gasteiger partial charge is 0.312 e. The van der Waals surface area contributed by atoms with Crippen molar-refractivity contribution in [2.75, 3.05) is 6.54 Å². The lowest BCUT2D eigenvalue weighted by molar-refractivity contribution is 0.419. The van der Waals surface area contributed by atoms with Crippen LogP contribution in [-0.4, -0.2) is 12.1 Å². The van der Waals surface area contributed by atoms with Crippen LogP contribution in [0.4, 0.5) is 0 Å². The summed E-state index contributed by atoms with van der Waals surface area (Å²) in [6, 6.07) is 6.75. The second-order valence-corrected chi connectivity index (χ2v) is 6.06. The molecule has 0 saturated heterocycles. The van der Waals surface area contributed by atoms with Crippen LogP contribution in [0.5, 0.6) is 0 Å². The zero-order valence-corrected chi connectivity index (χ0v) is 12.1. The molecule has 0 aliphatic carbocycles. The molecule has 96 valence electrons. The lowest BCUT2D eigenvalue weighted by Crippen LogP contribution is -2.36. The minimum absolute atomic E-state index is 0.249. The van der Waals surface area contributed by atoms with E-state index < -0.39 is 0 Å². The molecule has 0 bridgehead atoms. The van der Waals surface area contributed by atoms with Crippen LogP contribution in [0.2, 0.25) is 0 Å². The third-order valence-electron chi connectivity index (χ3n) is 3.03. The van der Waals surface area contributed by atoms with Gasteiger partial charge in [0, 0.05) is 5.54 Å². The van der Waals surface area contributed by atoms with E-state index in [9.17, 15) is 0 Å². The van der Waals surface area contributed by atoms with E-state index in [1.165, 1.54) is 36.0 Å². The molecule has 1 aromatic carbocycles. The minimum atomic E-state index is 0.249. The summed E-state index contributed by atoms with van der Waals surface area (Å²) in [4.78, 5) is 0. The SMILES string of the molecule is Cc1ccc(C)c(CCCCNC(C)(C)C)c1. The smallest absolute Gasteiger partial charge is 0.00965 e. The highest BCUT2D eigenvalue weighted by Gasteiger charge is 2.07. The van der Waals surface area contributed by atoms with Crippen LogP contribution in [-0.2, 0) is 6.42 Å². The van der Waals surface area contributed by atoms with Gasteiger partial charge in [0.15, 0.2) is 0 Å². The van der Waals surface area contributed by atoms with Gasteiger partial charge in [-0.05, 0) is 71.6 Å². The first-order valence-electron chi connectivity index (χ1n) is 6.70. The molecule has 1 rings (SSSR count). The van der Waals surface area contributed by atoms with Gasteiger partial charge >= 0.3 is 0 Å². The molecule has 0 aromatic heterocycles. The number of aryl methyl sites for hydroxylation is 3. The Morgan fingerprint density at radius 1 is 1.06 bits per heavy atom. The molecule has 1 aromatic rings. The maximum Gasteiger partial charge on any atom is 0.00965 e. The molecule has 0 fully saturated rings. The van der Waals surface area contributed by atoms with E-state index in [1.54, 1.807) is 0 Å². The predicted molar refractivity (Wildman–Crippen MR) is 76.6 cm³/mol. The highest BCUT2D eigenvalue weighted by atomic mass is 14.9. The highest BCUT2D eigenvalue weighted by molar-refractivity contribution is 5.30. The van der Waals surface area contributed by atoms with Crippen molar-refractivity contribution in [3.8, 4) is 0 Å². The molecule has 0 atom stereocenters. The predicted octanol–water partition coefficient (Wildman–Crippen LogP) is 4.01. The van der Waals surface area contributed by atoms with Gasteiger partial charge in [-0.15, -0.1) is 0 Å². The summed E-state index contributed by atoms with van der Waals surface area (Å²) in [5.41, 5.74) is 4.57. The normalized spacial score (nSPS) is 11.8. The summed E-state index contributed by atoms with van der Waals surface area (Å²) >= 11 is 0. The van der Waals surface area contributed by atoms with Crippen molar-refractivity contribution in [2.24, 2.45) is 0 Å². The first-order chi connectivity index (χ1) is 7.88. The van der Waals surface area contributed by atoms with Crippen molar-refractivity contribution in [1.82, 2.24) is 5.32 Å². The van der Waals surface area contributed by atoms with Crippen molar-refractivity contribution in [1.29, 1.82) is 0 Å². The van der Waals surface area contributed by atoms with E-state index in [0.717, 1.165) is 6.54 Å². The first-order valence-corrected chi connectivity index (χ1v) is 6.70. The minimum Gasteiger partial charge on any atom is -0.312 e. The van der Waals surface area contributed by atoms with Gasteiger partial charge in [0.25, 0.3) is 0 Å². The lowest BCUT2D eigenvalue weighted by Gasteiger charge is -2.20. The summed E-state index contributed by atoms with van der Waals surface area (Å²) in [5.74, 6) is 0. The fourth-order valence-corrected chi connectivity index (χ4v) is 1.97. The van der Waals surface area contributed by atoms with Gasteiger partial charge in [-0.3, -0.25) is 0 Å². The monoisotopic (exact) mass is 233 g/mol. The van der Waals surface area contributed by atoms with Crippen LogP contribution < -0.4 is 5.32 Å². The molecule has 0 saturated carbocycles. The molecule has 0 amide bonds. The molecule has 0 spiro atoms. The van der Waals surface area contributed by atoms with Crippen LogP contribution in [0.25, 0.3) is 0 Å². The standard InChI is InChI=1S/C16H27N/c1-13-9-10-14(2)15(12-13)8-6-7-11-17-16(3,4)5/h9-10,12,17H,6-8,11H2,1-5H3. The van der Waals surface area contributed by atoms with Gasteiger partial charge in [-0.25, -0.2) is 0 Å². The van der Waals surface area contributed by atoms with Crippen LogP contribution in [0.15, 0.2) is 18.2 Å². The topological polar surface area (TPSA) is 12.0 Å². The molecule has 0 aliphatic rings. The average Bonchev–Trinajstić information content (AvgIpc) is 2.21. The van der Waals surface area contributed by atoms with Crippen LogP contribution in [0.1, 0.15) is 50.3 Å². The van der Waals surface area contributed by atoms with Crippen LogP contribution in [0, 0.1) is 13.8 Å². The molecule has 0 unspecified atom stereocenters. The maximum atomic E-state index is 3.53. The second kappa shape index (κ2) is 6.20. The van der Waals surface area contributed by atoms with Crippen molar-refractivity contribution in [3.63, 3.8) is 0 Å². The third-order valence-corrected chi connectivity index (χ3v) is 3.03. The Morgan fingerprint density at radius 3 is 2.41 bits per heavy atom. The lowest BCUT2D eigenvalue weighted by atomic mass is 10.0. The fraction of sp³-hybridized carbons (Fsp3) is 0.625. The number of benzene rings is 1. The van der Waals surface area contributed by atoms with E-state index in [4.69, 9.17) is 0 Å². The van der Waals surface area contributed by atoms with E-state index >= 15 is 0 Å². The zero-order valence-electron chi connectivity index (χ0n) is 12.1. The van der Waals surface area contributed by atoms with E-state index in [1.807, 2.05) is 0 Å². The summed E-state index contributed by atoms with van der Waals surface area (Å²) in [5, 5.41) is 3.53. The first kappa shape index (κ1) is 14.2. The van der Waals surface area contributed by atoms with Crippen LogP contribution in [0.3, 0.4) is 0 Å². The molecule has 1 nitrogen and oxygen atoms in total. The van der Waals surface area contributed by atoms with E-state index in [2.05, 4.69) is 58.1 Å². The molecule has 0 heterocycles. The Morgan fingerprint density at radius 2 is 1.76 bits per heavy atom. The Kier molecular flexibility index (Phi) is 5.20. The van der Waals surface area contributed by atoms with Gasteiger partial charge in [0.05, 0.1) is 0 Å². The Balaban J connectivity index is 2.29. The molecule has 1 heteroatoms. The number of nitrogens with one attached hydrogen (secondary N) is 1. The van der Waals surface area contributed by atoms with E-state index in [0.29, 0.717) is 0 Å². The zero-order chi connectivity index (χ0) is 12.9. The summed E-state index contributed by atoms with van der Waals surface area (Å²) < 4.78 is 0. The summed E-state index contributed by atoms with van der Waals surface area (Å²) in [7, 11) is 0. The Labute approximate surface area is 107 Å². The Bertz CT molecular complexity index is 347. The molecule has 17 heavy (non-hydrogen) atoms. The molecule has 1 N–H and O–H groups in total. The maximum absolute atomic E-state index is 3.53. The molecular weight excluding hydrogens is 206 g/mol. The number of hydrogen-bond acceptors (Lipinski definition) is 1. The summed E-state index contributed by atoms with van der Waals surface area (Å²) in [6.45, 7) is 12.2. The Hall–Kier alpha value is -0.820. The van der Waals surface area contributed by atoms with Crippen molar-refractivity contribution in [2.45, 2.75) is 59.4 Å². The number of unbranched alkanes of at least 4 members (excludes halogenated alkanes) is 1. The second-order valence-electron chi connectivity index (χ2n) is 6.06. The third kappa shape index (κ3) is 5.88. The van der Waals surface area contributed by atoms with Gasteiger partial charge in [0.1, 0.15) is 0 Å². The van der Waals surface area contributed by atoms with Gasteiger partial charge in [-0.1, -0.05) is 23.8 Å². The highest BCUT2D eigenvalue weighted by Crippen LogP contribution is 2.13. The van der Waals surface area contributed by atoms with Gasteiger partial charge < -0.3 is 5.32 Å². The van der Waals surface area contributed by atoms with E-state index in [-0.39, 0.29) is 5.54 Å². The molecule has 0 radical (unpaired) electrons. The van der Waals surface area contributed by atoms with Gasteiger partial charge in [-0.2, -0.15) is 0 Å². The van der Waals surface area contributed by atoms with Crippen molar-refractivity contribution >= 4 is 0 Å². The fourth-order valence-electron chi connectivity index (χ4n) is 1.97. The quantitative estimate of drug-likeness (QED) is 0.758. The van der Waals surface area contributed by atoms with Gasteiger partial charge in [0.2, 0.25) is 0 Å². The summed E-state index contributed by atoms with van der Waals surface area (Å²) in [6.07, 6.45) is 3.73. The number of rotatable bonds is 5. The molecular formula is C16H27N. The van der Waals surface area contributed by atoms with Crippen molar-refractivity contribution in [3.05, 3.63) is 34.9 Å². The molecule has 0 aliphatic heterocycles. The van der Waals surface area contributed by atoms with Crippen LogP contribution >= 0.6 is 0 Å². The number of hydrogen-bond donors (Lipinski definition) is 1.